The van der Waals surface area contributed by atoms with Gasteiger partial charge in [-0.1, -0.05) is 18.2 Å². The smallest absolute Gasteiger partial charge is 0.330 e. The fourth-order valence-corrected chi connectivity index (χ4v) is 2.86. The maximum absolute atomic E-state index is 12.2. The Bertz CT molecular complexity index is 835. The number of fused-ring (bicyclic) bond motifs is 1. The van der Waals surface area contributed by atoms with Gasteiger partial charge >= 0.3 is 5.97 Å². The molecule has 0 fully saturated rings. The number of carboxylic acid groups (broad SMARTS) is 1. The average Bonchev–Trinajstić information content (AvgIpc) is 3.13. The molecular formula is C20H21NO6. The minimum absolute atomic E-state index is 0.318. The molecule has 3 rings (SSSR count). The highest BCUT2D eigenvalue weighted by Gasteiger charge is 2.24. The summed E-state index contributed by atoms with van der Waals surface area (Å²) in [5.41, 5.74) is 1.43. The number of nitrogens with one attached hydrogen (secondary N) is 1. The van der Waals surface area contributed by atoms with Crippen LogP contribution in [-0.4, -0.2) is 36.8 Å². The number of rotatable bonds is 8. The summed E-state index contributed by atoms with van der Waals surface area (Å²) in [7, 11) is 0. The van der Waals surface area contributed by atoms with E-state index in [0.29, 0.717) is 30.3 Å². The van der Waals surface area contributed by atoms with Crippen molar-refractivity contribution in [2.24, 2.45) is 0 Å². The summed E-state index contributed by atoms with van der Waals surface area (Å²) in [6.45, 7) is 2.58. The lowest BCUT2D eigenvalue weighted by atomic mass is 10.0. The fraction of sp³-hybridized carbons (Fsp3) is 0.300. The Morgan fingerprint density at radius 1 is 1.19 bits per heavy atom. The van der Waals surface area contributed by atoms with Crippen LogP contribution in [0.4, 0.5) is 0 Å². The lowest BCUT2D eigenvalue weighted by molar-refractivity contribution is -0.142. The number of ether oxygens (including phenoxy) is 3. The van der Waals surface area contributed by atoms with E-state index >= 15 is 0 Å². The summed E-state index contributed by atoms with van der Waals surface area (Å²) >= 11 is 0. The van der Waals surface area contributed by atoms with Crippen LogP contribution in [0.15, 0.2) is 42.5 Å². The highest BCUT2D eigenvalue weighted by atomic mass is 16.5. The van der Waals surface area contributed by atoms with Crippen molar-refractivity contribution in [1.82, 2.24) is 5.32 Å². The zero-order valence-corrected chi connectivity index (χ0v) is 14.9. The molecule has 1 aliphatic rings. The molecule has 1 amide bonds. The van der Waals surface area contributed by atoms with Crippen LogP contribution < -0.4 is 19.5 Å². The highest BCUT2D eigenvalue weighted by molar-refractivity contribution is 5.85. The van der Waals surface area contributed by atoms with Crippen LogP contribution in [0, 0.1) is 0 Å². The number of amides is 1. The first-order valence-electron chi connectivity index (χ1n) is 8.71. The van der Waals surface area contributed by atoms with E-state index < -0.39 is 17.9 Å². The van der Waals surface area contributed by atoms with Gasteiger partial charge in [-0.15, -0.1) is 0 Å². The van der Waals surface area contributed by atoms with Crippen molar-refractivity contribution >= 4 is 11.9 Å². The van der Waals surface area contributed by atoms with Crippen molar-refractivity contribution in [3.63, 3.8) is 0 Å². The van der Waals surface area contributed by atoms with Crippen LogP contribution in [0.1, 0.15) is 24.1 Å². The molecule has 2 aromatic carbocycles. The van der Waals surface area contributed by atoms with Gasteiger partial charge in [0.1, 0.15) is 5.75 Å². The zero-order valence-electron chi connectivity index (χ0n) is 14.9. The second-order valence-corrected chi connectivity index (χ2v) is 5.97. The van der Waals surface area contributed by atoms with Gasteiger partial charge in [-0.3, -0.25) is 4.79 Å². The first-order chi connectivity index (χ1) is 13.1. The monoisotopic (exact) mass is 371 g/mol. The number of para-hydroxylation sites is 2. The molecule has 0 aromatic heterocycles. The zero-order chi connectivity index (χ0) is 19.2. The number of hydrogen-bond donors (Lipinski definition) is 2. The van der Waals surface area contributed by atoms with Crippen LogP contribution >= 0.6 is 0 Å². The van der Waals surface area contributed by atoms with E-state index in [-0.39, 0.29) is 6.61 Å². The third kappa shape index (κ3) is 4.49. The van der Waals surface area contributed by atoms with Gasteiger partial charge in [0.15, 0.2) is 24.1 Å². The Morgan fingerprint density at radius 2 is 1.93 bits per heavy atom. The van der Waals surface area contributed by atoms with Gasteiger partial charge < -0.3 is 24.6 Å². The van der Waals surface area contributed by atoms with Crippen molar-refractivity contribution in [3.05, 3.63) is 53.6 Å². The predicted molar refractivity (Wildman–Crippen MR) is 97.3 cm³/mol. The van der Waals surface area contributed by atoms with E-state index in [1.54, 1.807) is 42.5 Å². The van der Waals surface area contributed by atoms with Crippen molar-refractivity contribution in [1.29, 1.82) is 0 Å². The Hall–Kier alpha value is -3.22. The minimum Gasteiger partial charge on any atom is -0.493 e. The van der Waals surface area contributed by atoms with E-state index in [1.165, 1.54) is 0 Å². The van der Waals surface area contributed by atoms with Gasteiger partial charge in [0.25, 0.3) is 5.91 Å². The molecule has 0 saturated carbocycles. The van der Waals surface area contributed by atoms with Crippen molar-refractivity contribution in [2.45, 2.75) is 19.4 Å². The first-order valence-corrected chi connectivity index (χ1v) is 8.71. The van der Waals surface area contributed by atoms with Gasteiger partial charge in [0.05, 0.1) is 13.2 Å². The lowest BCUT2D eigenvalue weighted by Crippen LogP contribution is -2.36. The molecule has 0 aliphatic carbocycles. The van der Waals surface area contributed by atoms with Gasteiger partial charge in [-0.2, -0.15) is 0 Å². The SMILES string of the molecule is CCOc1ccccc1OCC(=O)NC(C(=O)O)c1ccc2c(c1)CCO2. The molecule has 7 heteroatoms. The third-order valence-electron chi connectivity index (χ3n) is 4.11. The lowest BCUT2D eigenvalue weighted by Gasteiger charge is -2.16. The Kier molecular flexibility index (Phi) is 5.80. The summed E-state index contributed by atoms with van der Waals surface area (Å²) in [5, 5.41) is 12.0. The van der Waals surface area contributed by atoms with Crippen molar-refractivity contribution in [2.75, 3.05) is 19.8 Å². The largest absolute Gasteiger partial charge is 0.493 e. The molecule has 0 spiro atoms. The molecular weight excluding hydrogens is 350 g/mol. The van der Waals surface area contributed by atoms with Gasteiger partial charge in [0, 0.05) is 6.42 Å². The quantitative estimate of drug-likeness (QED) is 0.740. The molecule has 2 N–H and O–H groups in total. The Morgan fingerprint density at radius 3 is 2.63 bits per heavy atom. The minimum atomic E-state index is -1.16. The number of aliphatic carboxylic acids is 1. The molecule has 0 saturated heterocycles. The summed E-state index contributed by atoms with van der Waals surface area (Å²) in [5.74, 6) is 0.0322. The van der Waals surface area contributed by atoms with E-state index in [9.17, 15) is 14.7 Å². The summed E-state index contributed by atoms with van der Waals surface area (Å²) in [6.07, 6.45) is 0.723. The second kappa shape index (κ2) is 8.44. The Labute approximate surface area is 156 Å². The first kappa shape index (κ1) is 18.6. The van der Waals surface area contributed by atoms with E-state index in [4.69, 9.17) is 14.2 Å². The normalized spacial score (nSPS) is 13.2. The van der Waals surface area contributed by atoms with E-state index in [1.807, 2.05) is 6.92 Å². The third-order valence-corrected chi connectivity index (χ3v) is 4.11. The average molecular weight is 371 g/mol. The molecule has 27 heavy (non-hydrogen) atoms. The summed E-state index contributed by atoms with van der Waals surface area (Å²) in [4.78, 5) is 23.9. The maximum Gasteiger partial charge on any atom is 0.330 e. The number of hydrogen-bond acceptors (Lipinski definition) is 5. The van der Waals surface area contributed by atoms with Crippen molar-refractivity contribution in [3.8, 4) is 17.2 Å². The molecule has 7 nitrogen and oxygen atoms in total. The second-order valence-electron chi connectivity index (χ2n) is 5.97. The van der Waals surface area contributed by atoms with E-state index in [0.717, 1.165) is 17.7 Å². The van der Waals surface area contributed by atoms with Crippen LogP contribution in [-0.2, 0) is 16.0 Å². The molecule has 1 atom stereocenters. The molecule has 0 bridgehead atoms. The number of carbonyl (C=O) groups is 2. The van der Waals surface area contributed by atoms with Crippen LogP contribution in [0.3, 0.4) is 0 Å². The molecule has 1 unspecified atom stereocenters. The topological polar surface area (TPSA) is 94.1 Å². The molecule has 0 radical (unpaired) electrons. The van der Waals surface area contributed by atoms with Crippen LogP contribution in [0.2, 0.25) is 0 Å². The maximum atomic E-state index is 12.2. The molecule has 1 aliphatic heterocycles. The molecule has 142 valence electrons. The van der Waals surface area contributed by atoms with E-state index in [2.05, 4.69) is 5.32 Å². The predicted octanol–water partition coefficient (Wildman–Crippen LogP) is 2.34. The van der Waals surface area contributed by atoms with Crippen LogP contribution in [0.5, 0.6) is 17.2 Å². The van der Waals surface area contributed by atoms with Gasteiger partial charge in [-0.25, -0.2) is 4.79 Å². The van der Waals surface area contributed by atoms with Crippen molar-refractivity contribution < 1.29 is 28.9 Å². The fourth-order valence-electron chi connectivity index (χ4n) is 2.86. The number of benzene rings is 2. The van der Waals surface area contributed by atoms with Gasteiger partial charge in [-0.05, 0) is 42.3 Å². The van der Waals surface area contributed by atoms with Gasteiger partial charge in [0.2, 0.25) is 0 Å². The summed E-state index contributed by atoms with van der Waals surface area (Å²) < 4.78 is 16.4. The highest BCUT2D eigenvalue weighted by Crippen LogP contribution is 2.29. The Balaban J connectivity index is 1.65. The van der Waals surface area contributed by atoms with Crippen LogP contribution in [0.25, 0.3) is 0 Å². The number of carbonyl (C=O) groups excluding carboxylic acids is 1. The molecule has 2 aromatic rings. The summed E-state index contributed by atoms with van der Waals surface area (Å²) in [6, 6.07) is 11.0. The molecule has 1 heterocycles. The number of carboxylic acids is 1. The standard InChI is InChI=1S/C20H21NO6/c1-2-25-16-5-3-4-6-17(16)27-12-18(22)21-19(20(23)24)14-7-8-15-13(11-14)9-10-26-15/h3-8,11,19H,2,9-10,12H2,1H3,(H,21,22)(H,23,24).